The van der Waals surface area contributed by atoms with Crippen molar-refractivity contribution in [1.82, 2.24) is 9.88 Å². The maximum absolute atomic E-state index is 13.0. The summed E-state index contributed by atoms with van der Waals surface area (Å²) >= 11 is 0. The van der Waals surface area contributed by atoms with E-state index in [9.17, 15) is 18.0 Å². The number of hydrogen-bond donors (Lipinski definition) is 1. The third-order valence-corrected chi connectivity index (χ3v) is 11.5. The van der Waals surface area contributed by atoms with E-state index in [1.807, 2.05) is 19.1 Å². The van der Waals surface area contributed by atoms with Crippen molar-refractivity contribution < 1.29 is 22.7 Å². The number of ether oxygens (including phenoxy) is 1. The number of amides is 2. The van der Waals surface area contributed by atoms with Crippen LogP contribution in [0.1, 0.15) is 55.8 Å². The topological polar surface area (TPSA) is 112 Å². The summed E-state index contributed by atoms with van der Waals surface area (Å²) in [6, 6.07) is 8.92. The third-order valence-electron chi connectivity index (χ3n) is 8.98. The molecule has 4 aliphatic rings. The van der Waals surface area contributed by atoms with Gasteiger partial charge in [0.1, 0.15) is 22.4 Å². The average molecular weight is 554 g/mol. The van der Waals surface area contributed by atoms with Gasteiger partial charge in [-0.15, -0.1) is 0 Å². The Balaban J connectivity index is 1.24. The van der Waals surface area contributed by atoms with E-state index in [4.69, 9.17) is 9.72 Å². The minimum Gasteiger partial charge on any atom is -0.495 e. The maximum atomic E-state index is 13.0. The summed E-state index contributed by atoms with van der Waals surface area (Å²) in [4.78, 5) is 36.5. The van der Waals surface area contributed by atoms with Crippen LogP contribution >= 0.6 is 0 Å². The number of methoxy groups -OCH3 is 1. The Morgan fingerprint density at radius 2 is 1.87 bits per heavy atom. The predicted molar refractivity (Wildman–Crippen MR) is 150 cm³/mol. The highest BCUT2D eigenvalue weighted by atomic mass is 32.2. The fraction of sp³-hybridized carbons (Fsp3) is 0.536. The number of sulfone groups is 1. The van der Waals surface area contributed by atoms with Crippen molar-refractivity contribution >= 4 is 44.7 Å². The Morgan fingerprint density at radius 3 is 2.51 bits per heavy atom. The van der Waals surface area contributed by atoms with Crippen LogP contribution in [0.5, 0.6) is 5.75 Å². The van der Waals surface area contributed by atoms with Crippen molar-refractivity contribution in [2.24, 2.45) is 0 Å². The molecule has 6 rings (SSSR count). The van der Waals surface area contributed by atoms with Crippen LogP contribution < -0.4 is 19.9 Å². The van der Waals surface area contributed by atoms with Gasteiger partial charge in [-0.1, -0.05) is 19.3 Å². The smallest absolute Gasteiger partial charge is 0.254 e. The fourth-order valence-corrected chi connectivity index (χ4v) is 8.29. The van der Waals surface area contributed by atoms with E-state index in [1.54, 1.807) is 42.2 Å². The number of likely N-dealkylation sites (N-methyl/N-ethyl adjacent to an activating group) is 1. The van der Waals surface area contributed by atoms with E-state index in [1.165, 1.54) is 6.42 Å². The summed E-state index contributed by atoms with van der Waals surface area (Å²) < 4.78 is 29.1. The van der Waals surface area contributed by atoms with E-state index < -0.39 is 14.6 Å². The number of fused-ring (bicyclic) bond motifs is 1. The number of rotatable bonds is 5. The Bertz CT molecular complexity index is 1430. The quantitative estimate of drug-likeness (QED) is 0.600. The number of hydrogen-bond acceptors (Lipinski definition) is 8. The van der Waals surface area contributed by atoms with Crippen molar-refractivity contribution in [2.45, 2.75) is 62.3 Å². The third kappa shape index (κ3) is 4.13. The van der Waals surface area contributed by atoms with Crippen molar-refractivity contribution in [3.05, 3.63) is 35.9 Å². The number of aromatic nitrogens is 1. The van der Waals surface area contributed by atoms with Crippen LogP contribution in [-0.4, -0.2) is 79.9 Å². The Morgan fingerprint density at radius 1 is 1.13 bits per heavy atom. The highest BCUT2D eigenvalue weighted by Crippen LogP contribution is 2.43. The molecule has 1 aliphatic carbocycles. The van der Waals surface area contributed by atoms with Crippen molar-refractivity contribution in [1.29, 1.82) is 0 Å². The molecule has 1 N–H and O–H groups in total. The lowest BCUT2D eigenvalue weighted by Gasteiger charge is -2.54. The lowest BCUT2D eigenvalue weighted by atomic mass is 9.92. The molecule has 2 aromatic rings. The Labute approximate surface area is 229 Å². The van der Waals surface area contributed by atoms with Gasteiger partial charge >= 0.3 is 0 Å². The molecule has 0 bridgehead atoms. The molecule has 1 aromatic heterocycles. The van der Waals surface area contributed by atoms with Crippen molar-refractivity contribution in [3.8, 4) is 5.75 Å². The standard InChI is InChI=1S/C28H35N5O5S/c1-18-26(34)31(2)22-11-12-24(30-25(22)33(18)20-7-5-4-6-8-20)29-21-10-9-19(15-23(21)38-3)27(35)32-16-28(17-32)13-14-39(28,36)37/h9-12,15,18,20H,4-8,13-14,16-17H2,1-3H3,(H,29,30)/t18-/m1/s1. The zero-order chi connectivity index (χ0) is 27.5. The number of carbonyl (C=O) groups excluding carboxylic acids is 2. The minimum absolute atomic E-state index is 0.0699. The second-order valence-electron chi connectivity index (χ2n) is 11.3. The lowest BCUT2D eigenvalue weighted by molar-refractivity contribution is -0.119. The van der Waals surface area contributed by atoms with Crippen LogP contribution in [-0.2, 0) is 14.6 Å². The molecule has 1 spiro atoms. The van der Waals surface area contributed by atoms with Gasteiger partial charge in [0.15, 0.2) is 15.7 Å². The zero-order valence-electron chi connectivity index (χ0n) is 22.6. The molecule has 1 saturated carbocycles. The van der Waals surface area contributed by atoms with Gasteiger partial charge in [0.25, 0.3) is 5.91 Å². The molecule has 0 unspecified atom stereocenters. The number of benzene rings is 1. The summed E-state index contributed by atoms with van der Waals surface area (Å²) in [6.45, 7) is 2.46. The first-order chi connectivity index (χ1) is 18.6. The molecular weight excluding hydrogens is 518 g/mol. The first-order valence-electron chi connectivity index (χ1n) is 13.7. The van der Waals surface area contributed by atoms with Crippen molar-refractivity contribution in [3.63, 3.8) is 0 Å². The first-order valence-corrected chi connectivity index (χ1v) is 15.3. The summed E-state index contributed by atoms with van der Waals surface area (Å²) in [5.74, 6) is 1.97. The lowest BCUT2D eigenvalue weighted by Crippen LogP contribution is -2.72. The minimum atomic E-state index is -3.08. The van der Waals surface area contributed by atoms with Crippen LogP contribution in [0.15, 0.2) is 30.3 Å². The summed E-state index contributed by atoms with van der Waals surface area (Å²) in [5, 5.41) is 3.33. The molecule has 1 aromatic carbocycles. The number of pyridine rings is 1. The van der Waals surface area contributed by atoms with Gasteiger partial charge in [0.05, 0.1) is 24.2 Å². The number of nitrogens with zero attached hydrogens (tertiary/aromatic N) is 4. The predicted octanol–water partition coefficient (Wildman–Crippen LogP) is 3.35. The van der Waals surface area contributed by atoms with Crippen LogP contribution in [0, 0.1) is 0 Å². The number of likely N-dealkylation sites (tertiary alicyclic amines) is 1. The molecule has 1 atom stereocenters. The molecule has 208 valence electrons. The molecule has 2 saturated heterocycles. The van der Waals surface area contributed by atoms with E-state index in [2.05, 4.69) is 10.2 Å². The van der Waals surface area contributed by atoms with Crippen LogP contribution in [0.2, 0.25) is 0 Å². The molecule has 39 heavy (non-hydrogen) atoms. The largest absolute Gasteiger partial charge is 0.495 e. The second kappa shape index (κ2) is 9.39. The molecule has 2 amide bonds. The van der Waals surface area contributed by atoms with Crippen LogP contribution in [0.4, 0.5) is 23.0 Å². The van der Waals surface area contributed by atoms with Gasteiger partial charge < -0.3 is 24.8 Å². The monoisotopic (exact) mass is 553 g/mol. The zero-order valence-corrected chi connectivity index (χ0v) is 23.5. The van der Waals surface area contributed by atoms with Crippen LogP contribution in [0.3, 0.4) is 0 Å². The Hall–Kier alpha value is -3.34. The summed E-state index contributed by atoms with van der Waals surface area (Å²) in [7, 11) is 0.262. The van der Waals surface area contributed by atoms with Crippen LogP contribution in [0.25, 0.3) is 0 Å². The normalized spacial score (nSPS) is 23.6. The van der Waals surface area contributed by atoms with Crippen molar-refractivity contribution in [2.75, 3.05) is 48.1 Å². The highest BCUT2D eigenvalue weighted by molar-refractivity contribution is 7.94. The van der Waals surface area contributed by atoms with Gasteiger partial charge in [-0.25, -0.2) is 13.4 Å². The SMILES string of the molecule is COc1cc(C(=O)N2CC3(CCS3(=O)=O)C2)ccc1Nc1ccc2c(n1)N(C1CCCCC1)[C@H](C)C(=O)N2C. The van der Waals surface area contributed by atoms with Gasteiger partial charge in [-0.2, -0.15) is 0 Å². The summed E-state index contributed by atoms with van der Waals surface area (Å²) in [5.41, 5.74) is 1.89. The number of anilines is 4. The Kier molecular flexibility index (Phi) is 6.24. The molecule has 11 heteroatoms. The molecule has 4 heterocycles. The molecule has 10 nitrogen and oxygen atoms in total. The molecule has 0 radical (unpaired) electrons. The first kappa shape index (κ1) is 25.9. The number of nitrogens with one attached hydrogen (secondary N) is 1. The van der Waals surface area contributed by atoms with Gasteiger partial charge in [0, 0.05) is 31.7 Å². The van der Waals surface area contributed by atoms with E-state index in [0.29, 0.717) is 29.2 Å². The molecule has 3 fully saturated rings. The maximum Gasteiger partial charge on any atom is 0.254 e. The highest BCUT2D eigenvalue weighted by Gasteiger charge is 2.60. The van der Waals surface area contributed by atoms with Gasteiger partial charge in [-0.05, 0) is 56.5 Å². The second-order valence-corrected chi connectivity index (χ2v) is 13.8. The van der Waals surface area contributed by atoms with Gasteiger partial charge in [0.2, 0.25) is 5.91 Å². The summed E-state index contributed by atoms with van der Waals surface area (Å²) in [6.07, 6.45) is 6.26. The fourth-order valence-electron chi connectivity index (χ4n) is 6.47. The van der Waals surface area contributed by atoms with E-state index >= 15 is 0 Å². The molecule has 3 aliphatic heterocycles. The van der Waals surface area contributed by atoms with E-state index in [-0.39, 0.29) is 42.7 Å². The van der Waals surface area contributed by atoms with Gasteiger partial charge in [-0.3, -0.25) is 9.59 Å². The average Bonchev–Trinajstić information content (AvgIpc) is 2.91. The van der Waals surface area contributed by atoms with E-state index in [0.717, 1.165) is 37.2 Å². The number of carbonyl (C=O) groups is 2. The molecular formula is C28H35N5O5S.